The number of aromatic nitrogens is 2. The van der Waals surface area contributed by atoms with Crippen molar-refractivity contribution >= 4 is 40.6 Å². The molecule has 1 aliphatic heterocycles. The maximum Gasteiger partial charge on any atom is 0.262 e. The molecule has 0 saturated carbocycles. The molecule has 0 atom stereocenters. The zero-order valence-corrected chi connectivity index (χ0v) is 18.4. The molecule has 1 aliphatic rings. The number of carbonyl (C=O) groups excluding carboxylic acids is 1. The van der Waals surface area contributed by atoms with Gasteiger partial charge in [0.2, 0.25) is 0 Å². The van der Waals surface area contributed by atoms with Crippen LogP contribution in [0.25, 0.3) is 11.3 Å². The van der Waals surface area contributed by atoms with Gasteiger partial charge in [0.05, 0.1) is 10.7 Å². The molecule has 31 heavy (non-hydrogen) atoms. The van der Waals surface area contributed by atoms with Crippen LogP contribution < -0.4 is 15.0 Å². The van der Waals surface area contributed by atoms with Crippen molar-refractivity contribution in [3.05, 3.63) is 64.6 Å². The number of benzene rings is 2. The first kappa shape index (κ1) is 21.4. The fourth-order valence-electron chi connectivity index (χ4n) is 3.46. The number of ether oxygens (including phenoxy) is 1. The minimum absolute atomic E-state index is 0.171. The fourth-order valence-corrected chi connectivity index (χ4v) is 3.92. The predicted molar refractivity (Wildman–Crippen MR) is 124 cm³/mol. The Morgan fingerprint density at radius 2 is 1.84 bits per heavy atom. The van der Waals surface area contributed by atoms with Crippen LogP contribution in [0.3, 0.4) is 0 Å². The van der Waals surface area contributed by atoms with E-state index in [2.05, 4.69) is 20.4 Å². The van der Waals surface area contributed by atoms with E-state index in [1.807, 2.05) is 36.4 Å². The first-order chi connectivity index (χ1) is 15.1. The zero-order chi connectivity index (χ0) is 21.6. The molecule has 1 fully saturated rings. The number of hydrogen-bond donors (Lipinski definition) is 1. The third-order valence-electron chi connectivity index (χ3n) is 5.03. The number of piperidine rings is 1. The van der Waals surface area contributed by atoms with Crippen molar-refractivity contribution in [2.75, 3.05) is 29.9 Å². The van der Waals surface area contributed by atoms with Crippen molar-refractivity contribution in [2.24, 2.45) is 0 Å². The Balaban J connectivity index is 1.38. The molecule has 1 amide bonds. The van der Waals surface area contributed by atoms with E-state index in [0.29, 0.717) is 21.5 Å². The van der Waals surface area contributed by atoms with Crippen LogP contribution in [-0.2, 0) is 4.79 Å². The molecule has 0 bridgehead atoms. The lowest BCUT2D eigenvalue weighted by Crippen LogP contribution is -2.30. The van der Waals surface area contributed by atoms with Gasteiger partial charge >= 0.3 is 0 Å². The summed E-state index contributed by atoms with van der Waals surface area (Å²) in [4.78, 5) is 14.6. The van der Waals surface area contributed by atoms with Gasteiger partial charge in [-0.3, -0.25) is 4.79 Å². The van der Waals surface area contributed by atoms with Gasteiger partial charge in [-0.05, 0) is 61.7 Å². The van der Waals surface area contributed by atoms with E-state index in [-0.39, 0.29) is 12.5 Å². The monoisotopic (exact) mass is 456 g/mol. The van der Waals surface area contributed by atoms with Crippen LogP contribution in [0, 0.1) is 0 Å². The van der Waals surface area contributed by atoms with Crippen LogP contribution in [-0.4, -0.2) is 35.8 Å². The maximum absolute atomic E-state index is 12.3. The molecule has 6 nitrogen and oxygen atoms in total. The SMILES string of the molecule is O=C(COc1ccc(Cl)cc1Cl)Nc1cccc(-c2ccc(N3CCCCC3)nn2)c1. The van der Waals surface area contributed by atoms with Crippen molar-refractivity contribution in [2.45, 2.75) is 19.3 Å². The third kappa shape index (κ3) is 5.66. The summed E-state index contributed by atoms with van der Waals surface area (Å²) in [5.74, 6) is 1.01. The number of nitrogens with zero attached hydrogens (tertiary/aromatic N) is 3. The van der Waals surface area contributed by atoms with E-state index in [4.69, 9.17) is 27.9 Å². The standard InChI is InChI=1S/C23H22Cl2N4O2/c24-17-7-9-21(19(25)14-17)31-15-23(30)26-18-6-4-5-16(13-18)20-8-10-22(28-27-20)29-11-2-1-3-12-29/h4-10,13-14H,1-3,11-12,15H2,(H,26,30). The Morgan fingerprint density at radius 1 is 1.00 bits per heavy atom. The smallest absolute Gasteiger partial charge is 0.262 e. The second kappa shape index (κ2) is 9.98. The molecule has 2 aromatic carbocycles. The lowest BCUT2D eigenvalue weighted by atomic mass is 10.1. The van der Waals surface area contributed by atoms with Gasteiger partial charge in [-0.25, -0.2) is 0 Å². The average molecular weight is 457 g/mol. The molecule has 0 aliphatic carbocycles. The highest BCUT2D eigenvalue weighted by molar-refractivity contribution is 6.35. The Morgan fingerprint density at radius 3 is 2.58 bits per heavy atom. The molecule has 160 valence electrons. The summed E-state index contributed by atoms with van der Waals surface area (Å²) in [6.07, 6.45) is 3.66. The Labute approximate surface area is 191 Å². The van der Waals surface area contributed by atoms with Crippen molar-refractivity contribution in [3.8, 4) is 17.0 Å². The lowest BCUT2D eigenvalue weighted by Gasteiger charge is -2.27. The zero-order valence-electron chi connectivity index (χ0n) is 16.9. The molecule has 1 aromatic heterocycles. The number of halogens is 2. The lowest BCUT2D eigenvalue weighted by molar-refractivity contribution is -0.118. The van der Waals surface area contributed by atoms with Crippen LogP contribution >= 0.6 is 23.2 Å². The maximum atomic E-state index is 12.3. The Bertz CT molecular complexity index is 1050. The van der Waals surface area contributed by atoms with Gasteiger partial charge in [0.25, 0.3) is 5.91 Å². The second-order valence-corrected chi connectivity index (χ2v) is 8.16. The number of carbonyl (C=O) groups is 1. The van der Waals surface area contributed by atoms with E-state index in [9.17, 15) is 4.79 Å². The molecule has 0 radical (unpaired) electrons. The van der Waals surface area contributed by atoms with Gasteiger partial charge in [-0.15, -0.1) is 10.2 Å². The normalized spacial score (nSPS) is 13.7. The topological polar surface area (TPSA) is 67.3 Å². The molecule has 2 heterocycles. The van der Waals surface area contributed by atoms with E-state index in [0.717, 1.165) is 30.2 Å². The highest BCUT2D eigenvalue weighted by Crippen LogP contribution is 2.27. The van der Waals surface area contributed by atoms with Crippen LogP contribution in [0.5, 0.6) is 5.75 Å². The summed E-state index contributed by atoms with van der Waals surface area (Å²) in [6.45, 7) is 1.88. The van der Waals surface area contributed by atoms with Gasteiger partial charge in [0, 0.05) is 29.4 Å². The van der Waals surface area contributed by atoms with Gasteiger partial charge < -0.3 is 15.0 Å². The van der Waals surface area contributed by atoms with E-state index in [1.165, 1.54) is 19.3 Å². The summed E-state index contributed by atoms with van der Waals surface area (Å²) in [7, 11) is 0. The highest BCUT2D eigenvalue weighted by atomic mass is 35.5. The van der Waals surface area contributed by atoms with Gasteiger partial charge in [-0.2, -0.15) is 0 Å². The predicted octanol–water partition coefficient (Wildman–Crippen LogP) is 5.46. The fraction of sp³-hybridized carbons (Fsp3) is 0.261. The van der Waals surface area contributed by atoms with Gasteiger partial charge in [0.15, 0.2) is 12.4 Å². The third-order valence-corrected chi connectivity index (χ3v) is 5.56. The average Bonchev–Trinajstić information content (AvgIpc) is 2.79. The minimum atomic E-state index is -0.297. The molecule has 8 heteroatoms. The molecular formula is C23H22Cl2N4O2. The van der Waals surface area contributed by atoms with Gasteiger partial charge in [-0.1, -0.05) is 35.3 Å². The molecule has 1 N–H and O–H groups in total. The number of hydrogen-bond acceptors (Lipinski definition) is 5. The molecule has 4 rings (SSSR count). The number of amides is 1. The molecule has 0 spiro atoms. The van der Waals surface area contributed by atoms with Crippen LogP contribution in [0.1, 0.15) is 19.3 Å². The van der Waals surface area contributed by atoms with E-state index >= 15 is 0 Å². The minimum Gasteiger partial charge on any atom is -0.482 e. The molecule has 0 unspecified atom stereocenters. The summed E-state index contributed by atoms with van der Waals surface area (Å²) < 4.78 is 5.48. The van der Waals surface area contributed by atoms with Crippen LogP contribution in [0.2, 0.25) is 10.0 Å². The summed E-state index contributed by atoms with van der Waals surface area (Å²) in [6, 6.07) is 16.3. The van der Waals surface area contributed by atoms with Gasteiger partial charge in [0.1, 0.15) is 5.75 Å². The highest BCUT2D eigenvalue weighted by Gasteiger charge is 2.13. The molecule has 3 aromatic rings. The van der Waals surface area contributed by atoms with Crippen molar-refractivity contribution in [3.63, 3.8) is 0 Å². The van der Waals surface area contributed by atoms with Crippen LogP contribution in [0.15, 0.2) is 54.6 Å². The second-order valence-electron chi connectivity index (χ2n) is 7.32. The Kier molecular flexibility index (Phi) is 6.89. The Hall–Kier alpha value is -2.83. The number of nitrogens with one attached hydrogen (secondary N) is 1. The summed E-state index contributed by atoms with van der Waals surface area (Å²) >= 11 is 11.9. The van der Waals surface area contributed by atoms with E-state index in [1.54, 1.807) is 18.2 Å². The summed E-state index contributed by atoms with van der Waals surface area (Å²) in [5.41, 5.74) is 2.27. The van der Waals surface area contributed by atoms with E-state index < -0.39 is 0 Å². The quantitative estimate of drug-likeness (QED) is 0.533. The first-order valence-corrected chi connectivity index (χ1v) is 10.9. The summed E-state index contributed by atoms with van der Waals surface area (Å²) in [5, 5.41) is 12.5. The van der Waals surface area contributed by atoms with Crippen molar-refractivity contribution in [1.29, 1.82) is 0 Å². The largest absolute Gasteiger partial charge is 0.482 e. The first-order valence-electron chi connectivity index (χ1n) is 10.2. The number of rotatable bonds is 6. The van der Waals surface area contributed by atoms with Crippen molar-refractivity contribution < 1.29 is 9.53 Å². The van der Waals surface area contributed by atoms with Crippen molar-refractivity contribution in [1.82, 2.24) is 10.2 Å². The molecular weight excluding hydrogens is 435 g/mol. The van der Waals surface area contributed by atoms with Crippen LogP contribution in [0.4, 0.5) is 11.5 Å². The molecule has 1 saturated heterocycles. The number of anilines is 2.